The van der Waals surface area contributed by atoms with E-state index < -0.39 is 10.0 Å². The number of nitrogens with two attached hydrogens (primary N) is 1. The zero-order chi connectivity index (χ0) is 13.9. The third kappa shape index (κ3) is 4.02. The van der Waals surface area contributed by atoms with Gasteiger partial charge in [-0.05, 0) is 36.2 Å². The Kier molecular flexibility index (Phi) is 4.18. The third-order valence-electron chi connectivity index (χ3n) is 3.03. The summed E-state index contributed by atoms with van der Waals surface area (Å²) in [6, 6.07) is 5.55. The predicted molar refractivity (Wildman–Crippen MR) is 72.2 cm³/mol. The Morgan fingerprint density at radius 1 is 1.37 bits per heavy atom. The lowest BCUT2D eigenvalue weighted by Crippen LogP contribution is -2.32. The van der Waals surface area contributed by atoms with Crippen LogP contribution in [0.2, 0.25) is 0 Å². The molecule has 0 atom stereocenters. The molecule has 1 aromatic rings. The molecule has 1 aliphatic heterocycles. The molecule has 6 nitrogen and oxygen atoms in total. The van der Waals surface area contributed by atoms with Crippen molar-refractivity contribution in [1.82, 2.24) is 10.6 Å². The van der Waals surface area contributed by atoms with E-state index in [1.165, 1.54) is 5.56 Å². The van der Waals surface area contributed by atoms with Crippen LogP contribution >= 0.6 is 0 Å². The minimum Gasteiger partial charge on any atom is -0.351 e. The van der Waals surface area contributed by atoms with Gasteiger partial charge in [0.05, 0.1) is 5.75 Å². The standard InChI is InChI=1S/C12H17N3O3S/c13-19(17,18)6-5-15-12(16)10-2-1-9-3-4-14-8-11(9)7-10/h1-2,7,14H,3-6,8H2,(H,15,16)(H2,13,17,18). The third-order valence-corrected chi connectivity index (χ3v) is 3.80. The van der Waals surface area contributed by atoms with E-state index in [1.54, 1.807) is 6.07 Å². The van der Waals surface area contributed by atoms with Crippen LogP contribution in [0, 0.1) is 0 Å². The number of hydrogen-bond donors (Lipinski definition) is 3. The van der Waals surface area contributed by atoms with Gasteiger partial charge in [0.2, 0.25) is 10.0 Å². The first-order chi connectivity index (χ1) is 8.96. The Bertz CT molecular complexity index is 584. The van der Waals surface area contributed by atoms with Crippen molar-refractivity contribution in [3.8, 4) is 0 Å². The molecule has 0 saturated heterocycles. The van der Waals surface area contributed by atoms with E-state index >= 15 is 0 Å². The first-order valence-electron chi connectivity index (χ1n) is 6.07. The summed E-state index contributed by atoms with van der Waals surface area (Å²) >= 11 is 0. The summed E-state index contributed by atoms with van der Waals surface area (Å²) in [5.41, 5.74) is 2.90. The van der Waals surface area contributed by atoms with E-state index in [1.807, 2.05) is 12.1 Å². The van der Waals surface area contributed by atoms with Gasteiger partial charge in [-0.2, -0.15) is 0 Å². The van der Waals surface area contributed by atoms with Crippen LogP contribution in [0.3, 0.4) is 0 Å². The van der Waals surface area contributed by atoms with Crippen molar-refractivity contribution >= 4 is 15.9 Å². The van der Waals surface area contributed by atoms with Crippen molar-refractivity contribution in [3.05, 3.63) is 34.9 Å². The number of carbonyl (C=O) groups is 1. The highest BCUT2D eigenvalue weighted by Crippen LogP contribution is 2.15. The second kappa shape index (κ2) is 5.68. The Labute approximate surface area is 112 Å². The summed E-state index contributed by atoms with van der Waals surface area (Å²) in [6.07, 6.45) is 0.961. The van der Waals surface area contributed by atoms with Gasteiger partial charge in [-0.1, -0.05) is 6.07 Å². The van der Waals surface area contributed by atoms with Gasteiger partial charge < -0.3 is 10.6 Å². The van der Waals surface area contributed by atoms with E-state index in [-0.39, 0.29) is 18.2 Å². The van der Waals surface area contributed by atoms with Crippen molar-refractivity contribution in [1.29, 1.82) is 0 Å². The van der Waals surface area contributed by atoms with Crippen LogP contribution in [-0.2, 0) is 23.0 Å². The van der Waals surface area contributed by atoms with Gasteiger partial charge in [-0.15, -0.1) is 0 Å². The molecular formula is C12H17N3O3S. The molecule has 0 unspecified atom stereocenters. The molecule has 0 radical (unpaired) electrons. The SMILES string of the molecule is NS(=O)(=O)CCNC(=O)c1ccc2c(c1)CNCC2. The maximum absolute atomic E-state index is 11.8. The first-order valence-corrected chi connectivity index (χ1v) is 7.78. The van der Waals surface area contributed by atoms with Crippen LogP contribution in [0.1, 0.15) is 21.5 Å². The minimum atomic E-state index is -3.54. The molecular weight excluding hydrogens is 266 g/mol. The average Bonchev–Trinajstić information content (AvgIpc) is 2.36. The van der Waals surface area contributed by atoms with Crippen LogP contribution in [0.5, 0.6) is 0 Å². The Morgan fingerprint density at radius 2 is 2.16 bits per heavy atom. The molecule has 0 fully saturated rings. The summed E-state index contributed by atoms with van der Waals surface area (Å²) in [5.74, 6) is -0.539. The second-order valence-corrected chi connectivity index (χ2v) is 6.27. The normalized spacial score (nSPS) is 14.8. The lowest BCUT2D eigenvalue weighted by molar-refractivity contribution is 0.0956. The van der Waals surface area contributed by atoms with E-state index in [9.17, 15) is 13.2 Å². The van der Waals surface area contributed by atoms with Gasteiger partial charge in [0.1, 0.15) is 0 Å². The van der Waals surface area contributed by atoms with Gasteiger partial charge in [-0.3, -0.25) is 4.79 Å². The lowest BCUT2D eigenvalue weighted by atomic mass is 9.98. The van der Waals surface area contributed by atoms with E-state index in [2.05, 4.69) is 10.6 Å². The highest BCUT2D eigenvalue weighted by atomic mass is 32.2. The largest absolute Gasteiger partial charge is 0.351 e. The summed E-state index contributed by atoms with van der Waals surface area (Å²) in [4.78, 5) is 11.8. The fourth-order valence-electron chi connectivity index (χ4n) is 2.03. The monoisotopic (exact) mass is 283 g/mol. The van der Waals surface area contributed by atoms with E-state index in [0.29, 0.717) is 5.56 Å². The summed E-state index contributed by atoms with van der Waals surface area (Å²) in [6.45, 7) is 1.73. The number of amides is 1. The van der Waals surface area contributed by atoms with Gasteiger partial charge >= 0.3 is 0 Å². The molecule has 0 saturated carbocycles. The lowest BCUT2D eigenvalue weighted by Gasteiger charge is -2.17. The molecule has 0 aromatic heterocycles. The Morgan fingerprint density at radius 3 is 2.89 bits per heavy atom. The zero-order valence-electron chi connectivity index (χ0n) is 10.5. The molecule has 1 aromatic carbocycles. The maximum atomic E-state index is 11.8. The van der Waals surface area contributed by atoms with Gasteiger partial charge in [0.25, 0.3) is 5.91 Å². The molecule has 1 aliphatic rings. The molecule has 7 heteroatoms. The number of sulfonamides is 1. The van der Waals surface area contributed by atoms with Crippen LogP contribution in [0.15, 0.2) is 18.2 Å². The van der Waals surface area contributed by atoms with Gasteiger partial charge in [0, 0.05) is 18.7 Å². The van der Waals surface area contributed by atoms with Crippen molar-refractivity contribution in [2.24, 2.45) is 5.14 Å². The fourth-order valence-corrected chi connectivity index (χ4v) is 2.42. The number of hydrogen-bond acceptors (Lipinski definition) is 4. The van der Waals surface area contributed by atoms with Crippen LogP contribution in [0.4, 0.5) is 0 Å². The van der Waals surface area contributed by atoms with Crippen molar-refractivity contribution in [3.63, 3.8) is 0 Å². The van der Waals surface area contributed by atoms with Gasteiger partial charge in [-0.25, -0.2) is 13.6 Å². The average molecular weight is 283 g/mol. The van der Waals surface area contributed by atoms with Crippen LogP contribution < -0.4 is 15.8 Å². The Balaban J connectivity index is 1.99. The topological polar surface area (TPSA) is 101 Å². The van der Waals surface area contributed by atoms with Crippen molar-refractivity contribution in [2.45, 2.75) is 13.0 Å². The molecule has 1 amide bonds. The molecule has 2 rings (SSSR count). The van der Waals surface area contributed by atoms with Crippen LogP contribution in [0.25, 0.3) is 0 Å². The number of nitrogens with one attached hydrogen (secondary N) is 2. The van der Waals surface area contributed by atoms with Crippen molar-refractivity contribution in [2.75, 3.05) is 18.8 Å². The minimum absolute atomic E-state index is 0.0208. The van der Waals surface area contributed by atoms with Crippen LogP contribution in [-0.4, -0.2) is 33.2 Å². The summed E-state index contributed by atoms with van der Waals surface area (Å²) < 4.78 is 21.5. The van der Waals surface area contributed by atoms with Crippen molar-refractivity contribution < 1.29 is 13.2 Å². The molecule has 19 heavy (non-hydrogen) atoms. The number of benzene rings is 1. The van der Waals surface area contributed by atoms with E-state index in [0.717, 1.165) is 25.1 Å². The molecule has 0 spiro atoms. The fraction of sp³-hybridized carbons (Fsp3) is 0.417. The number of rotatable bonds is 4. The number of primary sulfonamides is 1. The molecule has 4 N–H and O–H groups in total. The highest BCUT2D eigenvalue weighted by molar-refractivity contribution is 7.89. The zero-order valence-corrected chi connectivity index (χ0v) is 11.3. The number of fused-ring (bicyclic) bond motifs is 1. The smallest absolute Gasteiger partial charge is 0.251 e. The summed E-state index contributed by atoms with van der Waals surface area (Å²) in [5, 5.41) is 10.7. The predicted octanol–water partition coefficient (Wildman–Crippen LogP) is -0.649. The Hall–Kier alpha value is -1.44. The molecule has 1 heterocycles. The van der Waals surface area contributed by atoms with E-state index in [4.69, 9.17) is 5.14 Å². The summed E-state index contributed by atoms with van der Waals surface area (Å²) in [7, 11) is -3.54. The molecule has 104 valence electrons. The number of carbonyl (C=O) groups excluding carboxylic acids is 1. The van der Waals surface area contributed by atoms with Gasteiger partial charge in [0.15, 0.2) is 0 Å². The first kappa shape index (κ1) is 14.0. The second-order valence-electron chi connectivity index (χ2n) is 4.53. The highest BCUT2D eigenvalue weighted by Gasteiger charge is 2.12. The maximum Gasteiger partial charge on any atom is 0.251 e. The quantitative estimate of drug-likeness (QED) is 0.683. The molecule has 0 aliphatic carbocycles. The molecule has 0 bridgehead atoms.